The Morgan fingerprint density at radius 2 is 1.83 bits per heavy atom. The van der Waals surface area contributed by atoms with E-state index in [9.17, 15) is 9.59 Å². The summed E-state index contributed by atoms with van der Waals surface area (Å²) in [5.74, 6) is 0.545. The number of piperazine rings is 1. The van der Waals surface area contributed by atoms with Crippen molar-refractivity contribution in [1.82, 2.24) is 14.4 Å². The number of nitrogen functional groups attached to an aromatic ring is 1. The number of rotatable bonds is 4. The number of piperidine rings is 2. The summed E-state index contributed by atoms with van der Waals surface area (Å²) >= 11 is 0. The van der Waals surface area contributed by atoms with Gasteiger partial charge in [-0.3, -0.25) is 9.69 Å². The number of carboxylic acid groups (broad SMARTS) is 1. The fourth-order valence-electron chi connectivity index (χ4n) is 5.70. The molecular weight excluding hydrogens is 453 g/mol. The Balaban J connectivity index is 1.29. The third-order valence-corrected chi connectivity index (χ3v) is 7.59. The summed E-state index contributed by atoms with van der Waals surface area (Å²) in [5, 5.41) is 9.00. The van der Waals surface area contributed by atoms with Crippen LogP contribution in [0.1, 0.15) is 42.9 Å². The van der Waals surface area contributed by atoms with Crippen LogP contribution in [0.4, 0.5) is 20.7 Å². The van der Waals surface area contributed by atoms with Gasteiger partial charge in [-0.2, -0.15) is 0 Å². The van der Waals surface area contributed by atoms with Crippen LogP contribution >= 0.6 is 0 Å². The summed E-state index contributed by atoms with van der Waals surface area (Å²) in [4.78, 5) is 33.2. The van der Waals surface area contributed by atoms with Crippen molar-refractivity contribution in [2.24, 2.45) is 4.99 Å². The van der Waals surface area contributed by atoms with Crippen LogP contribution in [0, 0.1) is 0 Å². The molecule has 2 bridgehead atoms. The van der Waals surface area contributed by atoms with Gasteiger partial charge in [-0.15, -0.1) is 0 Å². The normalized spacial score (nSPS) is 25.8. The number of hydrogen-bond donors (Lipinski definition) is 2. The molecule has 2 aromatic rings. The van der Waals surface area contributed by atoms with E-state index in [2.05, 4.69) is 21.9 Å². The highest BCUT2D eigenvalue weighted by Gasteiger charge is 2.43. The third kappa shape index (κ3) is 4.05. The third-order valence-electron chi connectivity index (χ3n) is 7.59. The standard InChI is InChI=1S/C25H28FN5O4/c26-20-9-19-22(32)21(35-25(33)34)13-31(16-5-6-16)23(19)28-24(20)30-12-17-7-8-18(30)11-29(17)10-14-1-3-15(27)4-2-14/h1-4,13,16-18,20H,5-12,27H2,(H,33,34). The molecule has 1 aromatic heterocycles. The Bertz CT molecular complexity index is 1260. The Labute approximate surface area is 201 Å². The van der Waals surface area contributed by atoms with Crippen molar-refractivity contribution in [3.05, 3.63) is 51.8 Å². The molecule has 0 spiro atoms. The molecule has 5 heterocycles. The summed E-state index contributed by atoms with van der Waals surface area (Å²) in [5.41, 5.74) is 7.37. The van der Waals surface area contributed by atoms with Crippen molar-refractivity contribution < 1.29 is 19.0 Å². The quantitative estimate of drug-likeness (QED) is 0.510. The number of pyridine rings is 1. The molecule has 3 atom stereocenters. The van der Waals surface area contributed by atoms with Crippen molar-refractivity contribution in [3.8, 4) is 5.75 Å². The van der Waals surface area contributed by atoms with Crippen molar-refractivity contribution in [2.75, 3.05) is 18.8 Å². The summed E-state index contributed by atoms with van der Waals surface area (Å²) < 4.78 is 22.0. The van der Waals surface area contributed by atoms with Crippen molar-refractivity contribution >= 4 is 23.5 Å². The van der Waals surface area contributed by atoms with Gasteiger partial charge >= 0.3 is 6.16 Å². The highest BCUT2D eigenvalue weighted by atomic mass is 19.1. The molecule has 1 aromatic carbocycles. The topological polar surface area (TPSA) is 113 Å². The minimum absolute atomic E-state index is 0.120. The van der Waals surface area contributed by atoms with Crippen LogP contribution < -0.4 is 15.9 Å². The van der Waals surface area contributed by atoms with Gasteiger partial charge in [-0.05, 0) is 43.4 Å². The second kappa shape index (κ2) is 8.37. The monoisotopic (exact) mass is 481 g/mol. The SMILES string of the molecule is Nc1ccc(CN2CC3CCC2CN3C2=Nc3c(c(=O)c(OC(=O)O)cn3C3CC3)CC2F)cc1. The van der Waals surface area contributed by atoms with E-state index in [4.69, 9.17) is 20.6 Å². The number of benzene rings is 1. The number of carbonyl (C=O) groups is 1. The van der Waals surface area contributed by atoms with E-state index in [1.165, 1.54) is 11.8 Å². The van der Waals surface area contributed by atoms with E-state index >= 15 is 4.39 Å². The van der Waals surface area contributed by atoms with Gasteiger partial charge in [0.05, 0.1) is 6.20 Å². The number of nitrogens with two attached hydrogens (primary N) is 1. The van der Waals surface area contributed by atoms with Crippen LogP contribution in [0.2, 0.25) is 0 Å². The molecule has 35 heavy (non-hydrogen) atoms. The van der Waals surface area contributed by atoms with Gasteiger partial charge in [-0.1, -0.05) is 12.1 Å². The average molecular weight is 482 g/mol. The van der Waals surface area contributed by atoms with E-state index in [0.717, 1.165) is 44.5 Å². The molecule has 5 aliphatic rings. The lowest BCUT2D eigenvalue weighted by atomic mass is 9.89. The first kappa shape index (κ1) is 22.1. The molecule has 3 N–H and O–H groups in total. The van der Waals surface area contributed by atoms with Gasteiger partial charge in [0.2, 0.25) is 5.43 Å². The van der Waals surface area contributed by atoms with E-state index in [0.29, 0.717) is 24.2 Å². The van der Waals surface area contributed by atoms with Crippen LogP contribution in [-0.2, 0) is 13.0 Å². The van der Waals surface area contributed by atoms with Crippen LogP contribution in [0.3, 0.4) is 0 Å². The summed E-state index contributed by atoms with van der Waals surface area (Å²) in [6.45, 7) is 2.35. The lowest BCUT2D eigenvalue weighted by Gasteiger charge is -2.53. The number of alkyl halides is 1. The molecule has 1 aliphatic carbocycles. The van der Waals surface area contributed by atoms with E-state index in [1.807, 2.05) is 12.1 Å². The van der Waals surface area contributed by atoms with Crippen molar-refractivity contribution in [2.45, 2.75) is 62.9 Å². The maximum absolute atomic E-state index is 15.5. The highest BCUT2D eigenvalue weighted by Crippen LogP contribution is 2.42. The molecule has 7 rings (SSSR count). The summed E-state index contributed by atoms with van der Waals surface area (Å²) in [7, 11) is 0. The summed E-state index contributed by atoms with van der Waals surface area (Å²) in [6.07, 6.45) is 2.15. The van der Waals surface area contributed by atoms with Crippen LogP contribution in [0.15, 0.2) is 40.2 Å². The van der Waals surface area contributed by atoms with Gasteiger partial charge in [0, 0.05) is 55.4 Å². The smallest absolute Gasteiger partial charge is 0.449 e. The maximum Gasteiger partial charge on any atom is 0.511 e. The fraction of sp³-hybridized carbons (Fsp3) is 0.480. The van der Waals surface area contributed by atoms with Crippen LogP contribution in [0.5, 0.6) is 5.75 Å². The molecule has 3 unspecified atom stereocenters. The zero-order valence-corrected chi connectivity index (χ0v) is 19.3. The molecule has 4 aliphatic heterocycles. The number of amidine groups is 1. The van der Waals surface area contributed by atoms with Crippen molar-refractivity contribution in [1.29, 1.82) is 0 Å². The lowest BCUT2D eigenvalue weighted by Crippen LogP contribution is -2.64. The van der Waals surface area contributed by atoms with Crippen LogP contribution in [-0.4, -0.2) is 62.8 Å². The van der Waals surface area contributed by atoms with Gasteiger partial charge in [0.15, 0.2) is 11.9 Å². The molecular formula is C25H28FN5O4. The maximum atomic E-state index is 15.5. The fourth-order valence-corrected chi connectivity index (χ4v) is 5.70. The number of ether oxygens (including phenoxy) is 1. The van der Waals surface area contributed by atoms with Crippen LogP contribution in [0.25, 0.3) is 0 Å². The zero-order chi connectivity index (χ0) is 24.3. The molecule has 0 amide bonds. The van der Waals surface area contributed by atoms with Gasteiger partial charge in [-0.25, -0.2) is 14.2 Å². The van der Waals surface area contributed by atoms with Gasteiger partial charge < -0.3 is 25.0 Å². The van der Waals surface area contributed by atoms with E-state index in [1.54, 1.807) is 4.57 Å². The molecule has 0 radical (unpaired) electrons. The number of hydrogen-bond acceptors (Lipinski definition) is 7. The molecule has 4 fully saturated rings. The molecule has 3 saturated heterocycles. The predicted octanol–water partition coefficient (Wildman–Crippen LogP) is 3.10. The number of nitrogens with zero attached hydrogens (tertiary/aromatic N) is 4. The summed E-state index contributed by atoms with van der Waals surface area (Å²) in [6, 6.07) is 8.50. The number of halogens is 1. The number of anilines is 1. The Hall–Kier alpha value is -3.40. The second-order valence-corrected chi connectivity index (χ2v) is 9.98. The second-order valence-electron chi connectivity index (χ2n) is 9.98. The first-order valence-electron chi connectivity index (χ1n) is 12.1. The van der Waals surface area contributed by atoms with E-state index in [-0.39, 0.29) is 29.8 Å². The highest BCUT2D eigenvalue weighted by molar-refractivity contribution is 5.91. The molecule has 1 saturated carbocycles. The van der Waals surface area contributed by atoms with E-state index < -0.39 is 17.8 Å². The predicted molar refractivity (Wildman–Crippen MR) is 128 cm³/mol. The minimum Gasteiger partial charge on any atom is -0.449 e. The number of aromatic nitrogens is 1. The number of aliphatic imine (C=N–C) groups is 1. The minimum atomic E-state index is -1.56. The van der Waals surface area contributed by atoms with Crippen molar-refractivity contribution in [3.63, 3.8) is 0 Å². The Morgan fingerprint density at radius 1 is 1.11 bits per heavy atom. The molecule has 10 heteroatoms. The Kier molecular flexibility index (Phi) is 5.28. The molecule has 9 nitrogen and oxygen atoms in total. The first-order valence-corrected chi connectivity index (χ1v) is 12.1. The first-order chi connectivity index (χ1) is 16.9. The van der Waals surface area contributed by atoms with Gasteiger partial charge in [0.1, 0.15) is 11.7 Å². The largest absolute Gasteiger partial charge is 0.511 e. The lowest BCUT2D eigenvalue weighted by molar-refractivity contribution is 0.00772. The average Bonchev–Trinajstić information content (AvgIpc) is 3.68. The number of fused-ring (bicyclic) bond motifs is 4. The molecule has 184 valence electrons. The Morgan fingerprint density at radius 3 is 2.49 bits per heavy atom. The van der Waals surface area contributed by atoms with Gasteiger partial charge in [0.25, 0.3) is 0 Å². The zero-order valence-electron chi connectivity index (χ0n) is 19.3.